The van der Waals surface area contributed by atoms with Crippen molar-refractivity contribution in [1.82, 2.24) is 35.4 Å². The minimum Gasteiger partial charge on any atom is -0.480 e. The number of aliphatic carboxylic acids is 2. The highest BCUT2D eigenvalue weighted by Gasteiger charge is 2.54. The Labute approximate surface area is 207 Å². The number of nitrogens with two attached hydrogens (primary N) is 1. The van der Waals surface area contributed by atoms with E-state index in [0.29, 0.717) is 0 Å². The van der Waals surface area contributed by atoms with Crippen molar-refractivity contribution in [1.29, 1.82) is 0 Å². The van der Waals surface area contributed by atoms with Gasteiger partial charge in [-0.25, -0.2) is 14.5 Å². The van der Waals surface area contributed by atoms with Crippen LogP contribution in [0.3, 0.4) is 0 Å². The van der Waals surface area contributed by atoms with Crippen LogP contribution in [0, 0.1) is 0 Å². The standard InChI is InChI=1S/C16H15N9O7S3/c1-32-21-8(5-3-34-15(17)18-5)11(28)19-9-6-4-33-14(10(13(30)31)25(6)12(9)29)35-16-20-22-23-24(16)2-7(26)27/h3,6,9H,2,4H2,1H3,(H2,17,18)(H,19,28)(H,26,27)(H,30,31). The molecule has 0 spiro atoms. The lowest BCUT2D eigenvalue weighted by Gasteiger charge is -2.49. The Kier molecular flexibility index (Phi) is 6.89. The van der Waals surface area contributed by atoms with Gasteiger partial charge in [0.1, 0.15) is 25.4 Å². The SMILES string of the molecule is CON=C(C(=O)NC1C(=O)N2C(C(=O)O)=C(Sc3nnnn3CC(=O)O)SCC12)c1csc(N)n1. The predicted molar refractivity (Wildman–Crippen MR) is 121 cm³/mol. The average molecular weight is 542 g/mol. The van der Waals surface area contributed by atoms with Crippen molar-refractivity contribution in [3.8, 4) is 0 Å². The molecule has 2 aromatic heterocycles. The van der Waals surface area contributed by atoms with Gasteiger partial charge in [0.2, 0.25) is 5.16 Å². The van der Waals surface area contributed by atoms with Crippen LogP contribution in [-0.2, 0) is 30.6 Å². The summed E-state index contributed by atoms with van der Waals surface area (Å²) in [5, 5.41) is 37.5. The quantitative estimate of drug-likeness (QED) is 0.163. The number of nitrogens with one attached hydrogen (secondary N) is 1. The molecule has 0 radical (unpaired) electrons. The van der Waals surface area contributed by atoms with Crippen molar-refractivity contribution in [3.63, 3.8) is 0 Å². The van der Waals surface area contributed by atoms with Crippen molar-refractivity contribution in [2.24, 2.45) is 5.16 Å². The molecule has 2 aliphatic heterocycles. The van der Waals surface area contributed by atoms with E-state index >= 15 is 0 Å². The zero-order valence-corrected chi connectivity index (χ0v) is 20.0. The average Bonchev–Trinajstić information content (AvgIpc) is 3.43. The number of rotatable bonds is 9. The molecule has 0 aromatic carbocycles. The summed E-state index contributed by atoms with van der Waals surface area (Å²) in [5.41, 5.74) is 5.27. The first-order chi connectivity index (χ1) is 16.7. The number of thiazole rings is 1. The van der Waals surface area contributed by atoms with Crippen LogP contribution in [0.1, 0.15) is 5.69 Å². The molecule has 16 nitrogen and oxygen atoms in total. The van der Waals surface area contributed by atoms with E-state index in [1.54, 1.807) is 0 Å². The molecule has 19 heteroatoms. The number of nitrogens with zero attached hydrogens (tertiary/aromatic N) is 7. The van der Waals surface area contributed by atoms with Gasteiger partial charge in [0.15, 0.2) is 16.5 Å². The van der Waals surface area contributed by atoms with E-state index in [9.17, 15) is 24.3 Å². The zero-order valence-electron chi connectivity index (χ0n) is 17.5. The Morgan fingerprint density at radius 2 is 2.17 bits per heavy atom. The molecule has 4 heterocycles. The van der Waals surface area contributed by atoms with Gasteiger partial charge in [-0.15, -0.1) is 28.2 Å². The number of tetrazole rings is 1. The largest absolute Gasteiger partial charge is 0.480 e. The molecule has 35 heavy (non-hydrogen) atoms. The van der Waals surface area contributed by atoms with Gasteiger partial charge in [-0.1, -0.05) is 5.16 Å². The van der Waals surface area contributed by atoms with Crippen molar-refractivity contribution in [2.75, 3.05) is 18.6 Å². The number of fused-ring (bicyclic) bond motifs is 1. The number of carbonyl (C=O) groups excluding carboxylic acids is 2. The number of carboxylic acids is 2. The number of thioether (sulfide) groups is 2. The maximum atomic E-state index is 12.9. The highest BCUT2D eigenvalue weighted by atomic mass is 32.2. The first kappa shape index (κ1) is 24.4. The minimum atomic E-state index is -1.38. The zero-order chi connectivity index (χ0) is 25.3. The molecule has 2 amide bonds. The van der Waals surface area contributed by atoms with Gasteiger partial charge in [0.05, 0.1) is 10.3 Å². The number of carboxylic acid groups (broad SMARTS) is 2. The summed E-state index contributed by atoms with van der Waals surface area (Å²) in [4.78, 5) is 58.5. The fourth-order valence-electron chi connectivity index (χ4n) is 3.23. The second kappa shape index (κ2) is 9.88. The number of amides is 2. The maximum absolute atomic E-state index is 12.9. The monoisotopic (exact) mass is 541 g/mol. The van der Waals surface area contributed by atoms with Crippen molar-refractivity contribution >= 4 is 69.5 Å². The number of nitrogen functional groups attached to an aromatic ring is 1. The molecule has 1 saturated heterocycles. The summed E-state index contributed by atoms with van der Waals surface area (Å²) in [6.45, 7) is -0.523. The van der Waals surface area contributed by atoms with Crippen LogP contribution in [0.5, 0.6) is 0 Å². The molecule has 0 aliphatic carbocycles. The van der Waals surface area contributed by atoms with Crippen molar-refractivity contribution < 1.29 is 34.2 Å². The van der Waals surface area contributed by atoms with E-state index in [-0.39, 0.29) is 37.4 Å². The van der Waals surface area contributed by atoms with Gasteiger partial charge in [-0.2, -0.15) is 0 Å². The summed E-state index contributed by atoms with van der Waals surface area (Å²) < 4.78 is 1.20. The number of oxime groups is 1. The van der Waals surface area contributed by atoms with Gasteiger partial charge in [-0.05, 0) is 22.2 Å². The molecule has 2 unspecified atom stereocenters. The van der Waals surface area contributed by atoms with E-state index in [4.69, 9.17) is 15.7 Å². The Morgan fingerprint density at radius 1 is 1.40 bits per heavy atom. The van der Waals surface area contributed by atoms with Gasteiger partial charge >= 0.3 is 11.9 Å². The lowest BCUT2D eigenvalue weighted by atomic mass is 9.95. The van der Waals surface area contributed by atoms with Crippen molar-refractivity contribution in [2.45, 2.75) is 23.8 Å². The third-order valence-corrected chi connectivity index (χ3v) is 7.75. The maximum Gasteiger partial charge on any atom is 0.354 e. The lowest BCUT2D eigenvalue weighted by Crippen LogP contribution is -2.72. The van der Waals surface area contributed by atoms with Crippen LogP contribution in [0.2, 0.25) is 0 Å². The normalized spacial score (nSPS) is 19.7. The van der Waals surface area contributed by atoms with E-state index < -0.39 is 42.4 Å². The summed E-state index contributed by atoms with van der Waals surface area (Å²) in [7, 11) is 1.24. The Morgan fingerprint density at radius 3 is 2.80 bits per heavy atom. The van der Waals surface area contributed by atoms with Crippen LogP contribution >= 0.6 is 34.9 Å². The van der Waals surface area contributed by atoms with E-state index in [1.807, 2.05) is 0 Å². The van der Waals surface area contributed by atoms with Crippen LogP contribution in [0.4, 0.5) is 5.13 Å². The molecule has 2 aliphatic rings. The highest BCUT2D eigenvalue weighted by molar-refractivity contribution is 8.22. The van der Waals surface area contributed by atoms with Gasteiger partial charge in [-0.3, -0.25) is 19.3 Å². The molecule has 2 aromatic rings. The number of carbonyl (C=O) groups is 4. The van der Waals surface area contributed by atoms with Crippen LogP contribution in [0.25, 0.3) is 0 Å². The van der Waals surface area contributed by atoms with Crippen molar-refractivity contribution in [3.05, 3.63) is 21.0 Å². The Balaban J connectivity index is 1.53. The number of aromatic nitrogens is 5. The molecule has 2 atom stereocenters. The topological polar surface area (TPSA) is 228 Å². The third-order valence-electron chi connectivity index (χ3n) is 4.66. The number of anilines is 1. The molecule has 1 fully saturated rings. The highest BCUT2D eigenvalue weighted by Crippen LogP contribution is 2.45. The van der Waals surface area contributed by atoms with E-state index in [1.165, 1.54) is 12.5 Å². The van der Waals surface area contributed by atoms with E-state index in [2.05, 4.69) is 31.0 Å². The second-order valence-corrected chi connectivity index (χ2v) is 9.94. The Hall–Kier alpha value is -3.71. The molecule has 4 rings (SSSR count). The number of β-lactam (4-membered cyclic amide) rings is 1. The number of hydrogen-bond acceptors (Lipinski definition) is 14. The Bertz CT molecular complexity index is 1270. The van der Waals surface area contributed by atoms with Crippen LogP contribution in [-0.4, -0.2) is 94.7 Å². The molecule has 184 valence electrons. The first-order valence-electron chi connectivity index (χ1n) is 9.43. The van der Waals surface area contributed by atoms with Crippen LogP contribution in [0.15, 0.2) is 25.6 Å². The molecular weight excluding hydrogens is 526 g/mol. The number of hydrogen-bond donors (Lipinski definition) is 4. The second-order valence-electron chi connectivity index (χ2n) is 6.79. The minimum absolute atomic E-state index is 0.0490. The summed E-state index contributed by atoms with van der Waals surface area (Å²) in [5.74, 6) is -3.69. The fourth-order valence-corrected chi connectivity index (χ4v) is 6.16. The third kappa shape index (κ3) is 4.77. The summed E-state index contributed by atoms with van der Waals surface area (Å²) >= 11 is 3.04. The first-order valence-corrected chi connectivity index (χ1v) is 12.1. The van der Waals surface area contributed by atoms with Gasteiger partial charge in [0, 0.05) is 11.1 Å². The lowest BCUT2D eigenvalue weighted by molar-refractivity contribution is -0.153. The molecular formula is C16H15N9O7S3. The molecule has 0 bridgehead atoms. The smallest absolute Gasteiger partial charge is 0.354 e. The van der Waals surface area contributed by atoms with Gasteiger partial charge < -0.3 is 26.1 Å². The van der Waals surface area contributed by atoms with Crippen LogP contribution < -0.4 is 11.1 Å². The molecule has 5 N–H and O–H groups in total. The summed E-state index contributed by atoms with van der Waals surface area (Å²) in [6, 6.07) is -1.66. The summed E-state index contributed by atoms with van der Waals surface area (Å²) in [6.07, 6.45) is 0. The van der Waals surface area contributed by atoms with E-state index in [0.717, 1.165) is 44.4 Å². The molecule has 0 saturated carbocycles. The predicted octanol–water partition coefficient (Wildman–Crippen LogP) is -1.36. The van der Waals surface area contributed by atoms with Gasteiger partial charge in [0.25, 0.3) is 11.8 Å². The fraction of sp³-hybridized carbons (Fsp3) is 0.312.